The minimum atomic E-state index is -1.30. The van der Waals surface area contributed by atoms with Crippen LogP contribution in [-0.4, -0.2) is 32.3 Å². The van der Waals surface area contributed by atoms with Crippen LogP contribution in [0.4, 0.5) is 0 Å². The molecule has 0 aliphatic rings. The zero-order valence-corrected chi connectivity index (χ0v) is 13.7. The van der Waals surface area contributed by atoms with E-state index in [0.29, 0.717) is 0 Å². The number of aromatic nitrogens is 4. The molecular formula is C10H12N4O6Zn+2. The Hall–Kier alpha value is -2.36. The fraction of sp³-hybridized carbons (Fsp3) is 0. The number of hydrogen-bond acceptors (Lipinski definition) is 8. The van der Waals surface area contributed by atoms with Crippen LogP contribution in [0, 0.1) is 0 Å². The van der Waals surface area contributed by atoms with Crippen LogP contribution in [0.5, 0.6) is 0 Å². The van der Waals surface area contributed by atoms with Crippen molar-refractivity contribution in [3.05, 3.63) is 48.0 Å². The fourth-order valence-corrected chi connectivity index (χ4v) is 0.821. The summed E-state index contributed by atoms with van der Waals surface area (Å²) in [6.45, 7) is 0. The molecule has 0 saturated heterocycles. The topological polar surface area (TPSA) is 198 Å². The van der Waals surface area contributed by atoms with Gasteiger partial charge in [0.1, 0.15) is 11.4 Å². The first kappa shape index (κ1) is 23.7. The van der Waals surface area contributed by atoms with Gasteiger partial charge in [0.05, 0.1) is 11.9 Å². The van der Waals surface area contributed by atoms with Crippen LogP contribution in [0.2, 0.25) is 0 Å². The smallest absolute Gasteiger partial charge is 0.543 e. The van der Waals surface area contributed by atoms with Crippen LogP contribution in [0.25, 0.3) is 0 Å². The van der Waals surface area contributed by atoms with Crippen LogP contribution in [-0.2, 0) is 30.4 Å². The number of carbonyl (C=O) groups excluding carboxylic acids is 2. The Balaban J connectivity index is -0.000000270. The minimum absolute atomic E-state index is 0. The molecule has 2 heterocycles. The molecule has 2 aromatic rings. The van der Waals surface area contributed by atoms with E-state index < -0.39 is 11.9 Å². The number of hydrogen-bond donors (Lipinski definition) is 0. The molecule has 0 atom stereocenters. The van der Waals surface area contributed by atoms with Crippen molar-refractivity contribution in [1.82, 2.24) is 20.4 Å². The normalized spacial score (nSPS) is 7.62. The molecule has 108 valence electrons. The average Bonchev–Trinajstić information content (AvgIpc) is 2.41. The first-order valence-electron chi connectivity index (χ1n) is 4.59. The van der Waals surface area contributed by atoms with Crippen molar-refractivity contribution in [3.63, 3.8) is 0 Å². The number of carboxylic acid groups (broad SMARTS) is 2. The summed E-state index contributed by atoms with van der Waals surface area (Å²) in [6.07, 6.45) is 2.79. The van der Waals surface area contributed by atoms with Gasteiger partial charge >= 0.3 is 19.5 Å². The standard InChI is InChI=1S/2C5H4N2O2.2H2O.Zn/c2*8-5(9)4-2-1-3-6-7-4;;;/h2*1-3H,(H,8,9);2*1H2;/q;;;;+2. The Morgan fingerprint density at radius 1 is 0.810 bits per heavy atom. The summed E-state index contributed by atoms with van der Waals surface area (Å²) >= 11 is 0. The van der Waals surface area contributed by atoms with E-state index >= 15 is 0 Å². The van der Waals surface area contributed by atoms with E-state index in [4.69, 9.17) is 0 Å². The van der Waals surface area contributed by atoms with Crippen molar-refractivity contribution < 1.29 is 50.2 Å². The maximum absolute atomic E-state index is 9.99. The molecule has 0 spiro atoms. The molecule has 0 fully saturated rings. The largest absolute Gasteiger partial charge is 2.00 e. The van der Waals surface area contributed by atoms with Crippen molar-refractivity contribution in [2.75, 3.05) is 0 Å². The Bertz CT molecular complexity index is 478. The molecule has 0 saturated carbocycles. The van der Waals surface area contributed by atoms with Crippen molar-refractivity contribution >= 4 is 11.9 Å². The van der Waals surface area contributed by atoms with E-state index in [1.165, 1.54) is 36.7 Å². The third kappa shape index (κ3) is 9.22. The van der Waals surface area contributed by atoms with Crippen LogP contribution in [0.15, 0.2) is 36.7 Å². The molecule has 10 nitrogen and oxygen atoms in total. The SMILES string of the molecule is O=C([O-])c1cccnn1.O=C([O-])c1cccnn1.[OH3+].[OH3+].[Zn+2]. The number of aromatic carboxylic acids is 2. The third-order valence-corrected chi connectivity index (χ3v) is 1.56. The summed E-state index contributed by atoms with van der Waals surface area (Å²) in [5, 5.41) is 33.2. The molecule has 0 aliphatic carbocycles. The maximum atomic E-state index is 9.99. The van der Waals surface area contributed by atoms with Gasteiger partial charge in [-0.2, -0.15) is 10.2 Å². The molecular weight excluding hydrogens is 338 g/mol. The monoisotopic (exact) mass is 348 g/mol. The molecule has 0 radical (unpaired) electrons. The van der Waals surface area contributed by atoms with E-state index in [1.807, 2.05) is 0 Å². The summed E-state index contributed by atoms with van der Waals surface area (Å²) < 4.78 is 0. The molecule has 21 heavy (non-hydrogen) atoms. The molecule has 11 heteroatoms. The van der Waals surface area contributed by atoms with E-state index in [-0.39, 0.29) is 41.8 Å². The second kappa shape index (κ2) is 12.7. The van der Waals surface area contributed by atoms with Gasteiger partial charge in [0, 0.05) is 12.4 Å². The van der Waals surface area contributed by atoms with Gasteiger partial charge in [-0.15, -0.1) is 10.2 Å². The van der Waals surface area contributed by atoms with Crippen LogP contribution in [0.1, 0.15) is 21.0 Å². The summed E-state index contributed by atoms with van der Waals surface area (Å²) in [6, 6.07) is 5.61. The van der Waals surface area contributed by atoms with E-state index in [2.05, 4.69) is 20.4 Å². The van der Waals surface area contributed by atoms with Gasteiger partial charge in [-0.3, -0.25) is 0 Å². The molecule has 0 amide bonds. The zero-order chi connectivity index (χ0) is 13.4. The van der Waals surface area contributed by atoms with Gasteiger partial charge in [-0.25, -0.2) is 0 Å². The van der Waals surface area contributed by atoms with Crippen LogP contribution >= 0.6 is 0 Å². The predicted molar refractivity (Wildman–Crippen MR) is 62.5 cm³/mol. The van der Waals surface area contributed by atoms with Crippen molar-refractivity contribution in [1.29, 1.82) is 0 Å². The second-order valence-corrected chi connectivity index (χ2v) is 2.79. The van der Waals surface area contributed by atoms with Crippen LogP contribution < -0.4 is 10.2 Å². The van der Waals surface area contributed by atoms with E-state index in [0.717, 1.165) is 0 Å². The molecule has 0 aromatic carbocycles. The van der Waals surface area contributed by atoms with Gasteiger partial charge < -0.3 is 30.8 Å². The van der Waals surface area contributed by atoms with Gasteiger partial charge in [-0.1, -0.05) is 0 Å². The fourth-order valence-electron chi connectivity index (χ4n) is 0.821. The molecule has 2 rings (SSSR count). The summed E-state index contributed by atoms with van der Waals surface area (Å²) in [5.74, 6) is -2.61. The van der Waals surface area contributed by atoms with Crippen molar-refractivity contribution in [2.24, 2.45) is 0 Å². The van der Waals surface area contributed by atoms with Crippen LogP contribution in [0.3, 0.4) is 0 Å². The van der Waals surface area contributed by atoms with Gasteiger partial charge in [-0.05, 0) is 24.3 Å². The Morgan fingerprint density at radius 3 is 1.29 bits per heavy atom. The number of nitrogens with zero attached hydrogens (tertiary/aromatic N) is 4. The predicted octanol–water partition coefficient (Wildman–Crippen LogP) is -4.17. The van der Waals surface area contributed by atoms with E-state index in [9.17, 15) is 19.8 Å². The molecule has 0 aliphatic heterocycles. The van der Waals surface area contributed by atoms with Gasteiger partial charge in [0.25, 0.3) is 0 Å². The summed E-state index contributed by atoms with van der Waals surface area (Å²) in [7, 11) is 0. The number of carboxylic acids is 2. The summed E-state index contributed by atoms with van der Waals surface area (Å²) in [5.41, 5.74) is -0.282. The molecule has 0 bridgehead atoms. The van der Waals surface area contributed by atoms with Crippen molar-refractivity contribution in [2.45, 2.75) is 0 Å². The molecule has 6 N–H and O–H groups in total. The first-order chi connectivity index (χ1) is 8.61. The Kier molecular flexibility index (Phi) is 14.3. The minimum Gasteiger partial charge on any atom is -0.543 e. The third-order valence-electron chi connectivity index (χ3n) is 1.56. The van der Waals surface area contributed by atoms with Gasteiger partial charge in [0.15, 0.2) is 0 Å². The van der Waals surface area contributed by atoms with Gasteiger partial charge in [0.2, 0.25) is 0 Å². The Morgan fingerprint density at radius 2 is 1.14 bits per heavy atom. The zero-order valence-electron chi connectivity index (χ0n) is 10.7. The number of rotatable bonds is 2. The average molecular weight is 350 g/mol. The molecule has 0 unspecified atom stereocenters. The Labute approximate surface area is 131 Å². The first-order valence-corrected chi connectivity index (χ1v) is 4.59. The van der Waals surface area contributed by atoms with E-state index in [1.54, 1.807) is 0 Å². The molecule has 2 aromatic heterocycles. The maximum Gasteiger partial charge on any atom is 2.00 e. The van der Waals surface area contributed by atoms with Crippen molar-refractivity contribution in [3.8, 4) is 0 Å². The second-order valence-electron chi connectivity index (χ2n) is 2.79. The quantitative estimate of drug-likeness (QED) is 0.384. The number of carbonyl (C=O) groups is 2. The summed E-state index contributed by atoms with van der Waals surface area (Å²) in [4.78, 5) is 20.0.